The third kappa shape index (κ3) is 2.31. The number of hydrogen-bond acceptors (Lipinski definition) is 1. The van der Waals surface area contributed by atoms with Gasteiger partial charge in [0.25, 0.3) is 0 Å². The normalized spacial score (nSPS) is 53.4. The van der Waals surface area contributed by atoms with E-state index in [2.05, 4.69) is 41.2 Å². The molecule has 0 heterocycles. The molecule has 4 saturated carbocycles. The zero-order valence-electron chi connectivity index (χ0n) is 18.0. The molecular formula is C25H42O. The lowest BCUT2D eigenvalue weighted by molar-refractivity contribution is -0.205. The summed E-state index contributed by atoms with van der Waals surface area (Å²) in [5.74, 6) is 2.86. The molecule has 4 aliphatic carbocycles. The van der Waals surface area contributed by atoms with E-state index < -0.39 is 0 Å². The predicted molar refractivity (Wildman–Crippen MR) is 110 cm³/mol. The van der Waals surface area contributed by atoms with Gasteiger partial charge in [-0.25, -0.2) is 0 Å². The molecule has 0 aromatic heterocycles. The molecular weight excluding hydrogens is 316 g/mol. The lowest BCUT2D eigenvalue weighted by Gasteiger charge is -2.70. The van der Waals surface area contributed by atoms with Gasteiger partial charge in [-0.3, -0.25) is 0 Å². The molecule has 0 amide bonds. The molecule has 0 unspecified atom stereocenters. The number of rotatable bonds is 1. The minimum Gasteiger partial charge on any atom is -0.396 e. The van der Waals surface area contributed by atoms with Crippen LogP contribution in [0.5, 0.6) is 0 Å². The Kier molecular flexibility index (Phi) is 4.28. The third-order valence-corrected chi connectivity index (χ3v) is 10.6. The van der Waals surface area contributed by atoms with Crippen molar-refractivity contribution in [1.29, 1.82) is 0 Å². The molecule has 0 spiro atoms. The summed E-state index contributed by atoms with van der Waals surface area (Å²) in [6, 6.07) is 0. The van der Waals surface area contributed by atoms with Crippen LogP contribution in [0.25, 0.3) is 0 Å². The second-order valence-electron chi connectivity index (χ2n) is 12.0. The maximum absolute atomic E-state index is 10.2. The third-order valence-electron chi connectivity index (χ3n) is 10.6. The van der Waals surface area contributed by atoms with Crippen LogP contribution in [-0.4, -0.2) is 11.7 Å². The minimum absolute atomic E-state index is 0.267. The van der Waals surface area contributed by atoms with Gasteiger partial charge in [0.1, 0.15) is 0 Å². The average Bonchev–Trinajstić information content (AvgIpc) is 2.53. The summed E-state index contributed by atoms with van der Waals surface area (Å²) in [7, 11) is 0. The molecule has 4 fully saturated rings. The van der Waals surface area contributed by atoms with Crippen LogP contribution >= 0.6 is 0 Å². The molecule has 0 aromatic carbocycles. The Hall–Kier alpha value is -0.300. The number of aliphatic hydroxyl groups is 1. The van der Waals surface area contributed by atoms with Crippen LogP contribution in [0, 0.1) is 45.3 Å². The monoisotopic (exact) mass is 358 g/mol. The van der Waals surface area contributed by atoms with E-state index >= 15 is 0 Å². The van der Waals surface area contributed by atoms with Gasteiger partial charge < -0.3 is 5.11 Å². The van der Waals surface area contributed by atoms with Gasteiger partial charge in [0.05, 0.1) is 6.61 Å². The number of fused-ring (bicyclic) bond motifs is 5. The molecule has 1 nitrogen and oxygen atoms in total. The maximum atomic E-state index is 10.2. The van der Waals surface area contributed by atoms with Crippen molar-refractivity contribution in [3.63, 3.8) is 0 Å². The highest BCUT2D eigenvalue weighted by molar-refractivity contribution is 5.20. The van der Waals surface area contributed by atoms with E-state index in [0.717, 1.165) is 24.2 Å². The van der Waals surface area contributed by atoms with Gasteiger partial charge in [0.2, 0.25) is 0 Å². The standard InChI is InChI=1S/C25H42O/c1-17-8-9-20-23(4,18(17)16-26)14-11-21-24(5)13-7-12-22(2,3)19(24)10-15-25(20,21)6/h18-21,26H,1,7-16H2,2-6H3/t18-,19-,20+,21+,23+,24-,25-/m1/s1. The lowest BCUT2D eigenvalue weighted by Crippen LogP contribution is -2.63. The first kappa shape index (κ1) is 19.0. The molecule has 1 heteroatoms. The number of hydrogen-bond donors (Lipinski definition) is 1. The van der Waals surface area contributed by atoms with E-state index in [4.69, 9.17) is 0 Å². The Balaban J connectivity index is 1.73. The summed E-state index contributed by atoms with van der Waals surface area (Å²) in [5.41, 5.74) is 3.10. The Morgan fingerprint density at radius 2 is 1.38 bits per heavy atom. The molecule has 148 valence electrons. The highest BCUT2D eigenvalue weighted by Crippen LogP contribution is 2.73. The van der Waals surface area contributed by atoms with Gasteiger partial charge in [-0.05, 0) is 90.8 Å². The van der Waals surface area contributed by atoms with Crippen LogP contribution in [0.15, 0.2) is 12.2 Å². The molecule has 7 atom stereocenters. The minimum atomic E-state index is 0.267. The molecule has 0 bridgehead atoms. The first-order valence-electron chi connectivity index (χ1n) is 11.4. The Labute approximate surface area is 162 Å². The van der Waals surface area contributed by atoms with E-state index in [1.54, 1.807) is 0 Å². The van der Waals surface area contributed by atoms with E-state index in [-0.39, 0.29) is 5.41 Å². The van der Waals surface area contributed by atoms with Gasteiger partial charge in [-0.2, -0.15) is 0 Å². The van der Waals surface area contributed by atoms with Crippen LogP contribution in [0.2, 0.25) is 0 Å². The molecule has 4 rings (SSSR count). The zero-order chi connectivity index (χ0) is 19.0. The summed E-state index contributed by atoms with van der Waals surface area (Å²) in [4.78, 5) is 0. The van der Waals surface area contributed by atoms with Gasteiger partial charge >= 0.3 is 0 Å². The molecule has 1 N–H and O–H groups in total. The fraction of sp³-hybridized carbons (Fsp3) is 0.920. The topological polar surface area (TPSA) is 20.2 Å². The first-order valence-corrected chi connectivity index (χ1v) is 11.4. The van der Waals surface area contributed by atoms with E-state index in [1.165, 1.54) is 56.9 Å². The second-order valence-corrected chi connectivity index (χ2v) is 12.0. The van der Waals surface area contributed by atoms with Gasteiger partial charge in [-0.1, -0.05) is 53.2 Å². The summed E-state index contributed by atoms with van der Waals surface area (Å²) in [6.45, 7) is 17.6. The van der Waals surface area contributed by atoms with Gasteiger partial charge in [0, 0.05) is 5.92 Å². The van der Waals surface area contributed by atoms with E-state index in [0.29, 0.717) is 28.8 Å². The van der Waals surface area contributed by atoms with E-state index in [1.807, 2.05) is 0 Å². The maximum Gasteiger partial charge on any atom is 0.0501 e. The van der Waals surface area contributed by atoms with Crippen molar-refractivity contribution in [3.05, 3.63) is 12.2 Å². The zero-order valence-corrected chi connectivity index (χ0v) is 18.0. The summed E-state index contributed by atoms with van der Waals surface area (Å²) < 4.78 is 0. The molecule has 0 aromatic rings. The summed E-state index contributed by atoms with van der Waals surface area (Å²) >= 11 is 0. The van der Waals surface area contributed by atoms with Crippen molar-refractivity contribution in [2.24, 2.45) is 45.3 Å². The van der Waals surface area contributed by atoms with Gasteiger partial charge in [0.15, 0.2) is 0 Å². The highest BCUT2D eigenvalue weighted by Gasteiger charge is 2.65. The Bertz CT molecular complexity index is 591. The molecule has 4 aliphatic rings. The van der Waals surface area contributed by atoms with Gasteiger partial charge in [-0.15, -0.1) is 0 Å². The quantitative estimate of drug-likeness (QED) is 0.523. The Morgan fingerprint density at radius 1 is 0.808 bits per heavy atom. The summed E-state index contributed by atoms with van der Waals surface area (Å²) in [6.07, 6.45) is 12.2. The van der Waals surface area contributed by atoms with Crippen LogP contribution in [0.1, 0.15) is 92.4 Å². The SMILES string of the molecule is C=C1CC[C@@H]2[C@@]3(C)CC[C@@H]4C(C)(C)CCC[C@@]4(C)[C@@H]3CC[C@@]2(C)[C@@H]1CO. The smallest absolute Gasteiger partial charge is 0.0501 e. The first-order chi connectivity index (χ1) is 12.1. The predicted octanol–water partition coefficient (Wildman–Crippen LogP) is 6.61. The van der Waals surface area contributed by atoms with Crippen molar-refractivity contribution in [3.8, 4) is 0 Å². The van der Waals surface area contributed by atoms with Crippen LogP contribution in [0.3, 0.4) is 0 Å². The summed E-state index contributed by atoms with van der Waals surface area (Å²) in [5, 5.41) is 10.2. The Morgan fingerprint density at radius 3 is 2.08 bits per heavy atom. The second kappa shape index (κ2) is 5.85. The largest absolute Gasteiger partial charge is 0.396 e. The van der Waals surface area contributed by atoms with Crippen LogP contribution < -0.4 is 0 Å². The van der Waals surface area contributed by atoms with Crippen molar-refractivity contribution in [1.82, 2.24) is 0 Å². The van der Waals surface area contributed by atoms with Crippen molar-refractivity contribution in [2.45, 2.75) is 92.4 Å². The molecule has 0 aliphatic heterocycles. The van der Waals surface area contributed by atoms with Crippen LogP contribution in [0.4, 0.5) is 0 Å². The fourth-order valence-electron chi connectivity index (χ4n) is 9.53. The van der Waals surface area contributed by atoms with Crippen molar-refractivity contribution in [2.75, 3.05) is 6.61 Å². The van der Waals surface area contributed by atoms with Crippen LogP contribution in [-0.2, 0) is 0 Å². The molecule has 26 heavy (non-hydrogen) atoms. The van der Waals surface area contributed by atoms with E-state index in [9.17, 15) is 5.11 Å². The average molecular weight is 359 g/mol. The highest BCUT2D eigenvalue weighted by atomic mass is 16.3. The molecule has 0 saturated heterocycles. The number of aliphatic hydroxyl groups excluding tert-OH is 1. The van der Waals surface area contributed by atoms with Crippen molar-refractivity contribution >= 4 is 0 Å². The lowest BCUT2D eigenvalue weighted by atomic mass is 9.35. The molecule has 0 radical (unpaired) electrons. The fourth-order valence-corrected chi connectivity index (χ4v) is 9.53. The van der Waals surface area contributed by atoms with Crippen molar-refractivity contribution < 1.29 is 5.11 Å².